The van der Waals surface area contributed by atoms with Crippen LogP contribution in [0, 0.1) is 17.6 Å². The lowest BCUT2D eigenvalue weighted by molar-refractivity contribution is 0.0696. The summed E-state index contributed by atoms with van der Waals surface area (Å²) in [5, 5.41) is 11.4. The summed E-state index contributed by atoms with van der Waals surface area (Å²) in [7, 11) is 0. The number of rotatable bonds is 5. The van der Waals surface area contributed by atoms with Crippen molar-refractivity contribution in [3.63, 3.8) is 0 Å². The van der Waals surface area contributed by atoms with Crippen LogP contribution in [0.2, 0.25) is 0 Å². The number of ether oxygens (including phenoxy) is 1. The second kappa shape index (κ2) is 5.97. The summed E-state index contributed by atoms with van der Waals surface area (Å²) in [6, 6.07) is 1.62. The molecule has 0 radical (unpaired) electrons. The Morgan fingerprint density at radius 1 is 1.42 bits per heavy atom. The minimum Gasteiger partial charge on any atom is -0.478 e. The average molecular weight is 271 g/mol. The van der Waals surface area contributed by atoms with Crippen LogP contribution in [0.4, 0.5) is 14.5 Å². The van der Waals surface area contributed by atoms with Gasteiger partial charge in [0.2, 0.25) is 0 Å². The molecule has 0 saturated carbocycles. The Morgan fingerprint density at radius 3 is 2.63 bits per heavy atom. The number of carbonyl (C=O) groups is 1. The fourth-order valence-electron chi connectivity index (χ4n) is 2.08. The minimum absolute atomic E-state index is 0.274. The third kappa shape index (κ3) is 3.41. The first-order chi connectivity index (χ1) is 9.08. The van der Waals surface area contributed by atoms with E-state index in [1.807, 2.05) is 0 Å². The molecule has 0 spiro atoms. The van der Waals surface area contributed by atoms with Gasteiger partial charge in [-0.25, -0.2) is 13.6 Å². The summed E-state index contributed by atoms with van der Waals surface area (Å²) in [5.41, 5.74) is -0.673. The molecular weight excluding hydrogens is 256 g/mol. The molecule has 1 aliphatic heterocycles. The van der Waals surface area contributed by atoms with E-state index in [4.69, 9.17) is 9.84 Å². The highest BCUT2D eigenvalue weighted by atomic mass is 19.1. The quantitative estimate of drug-likeness (QED) is 0.864. The molecule has 19 heavy (non-hydrogen) atoms. The highest BCUT2D eigenvalue weighted by Gasteiger charge is 2.17. The Bertz CT molecular complexity index is 450. The van der Waals surface area contributed by atoms with Crippen molar-refractivity contribution in [2.75, 3.05) is 25.1 Å². The van der Waals surface area contributed by atoms with Crippen molar-refractivity contribution in [1.82, 2.24) is 0 Å². The molecule has 1 heterocycles. The van der Waals surface area contributed by atoms with E-state index < -0.39 is 23.2 Å². The molecule has 104 valence electrons. The van der Waals surface area contributed by atoms with Crippen LogP contribution in [0.25, 0.3) is 0 Å². The lowest BCUT2D eigenvalue weighted by Gasteiger charge is -2.11. The van der Waals surface area contributed by atoms with Gasteiger partial charge < -0.3 is 15.2 Å². The number of benzene rings is 1. The van der Waals surface area contributed by atoms with E-state index in [0.717, 1.165) is 31.6 Å². The number of aromatic carboxylic acids is 1. The van der Waals surface area contributed by atoms with E-state index >= 15 is 0 Å². The maximum absolute atomic E-state index is 13.6. The van der Waals surface area contributed by atoms with Gasteiger partial charge in [0, 0.05) is 19.8 Å². The maximum Gasteiger partial charge on any atom is 0.335 e. The first kappa shape index (κ1) is 13.7. The van der Waals surface area contributed by atoms with Crippen LogP contribution in [0.1, 0.15) is 23.2 Å². The van der Waals surface area contributed by atoms with Gasteiger partial charge in [0.15, 0.2) is 0 Å². The van der Waals surface area contributed by atoms with Crippen LogP contribution in [0.5, 0.6) is 0 Å². The van der Waals surface area contributed by atoms with Crippen LogP contribution in [0.15, 0.2) is 12.1 Å². The Hall–Kier alpha value is -1.69. The van der Waals surface area contributed by atoms with Crippen molar-refractivity contribution < 1.29 is 23.4 Å². The van der Waals surface area contributed by atoms with Crippen LogP contribution in [-0.4, -0.2) is 30.8 Å². The molecule has 1 aliphatic rings. The molecule has 4 nitrogen and oxygen atoms in total. The minimum atomic E-state index is -1.35. The van der Waals surface area contributed by atoms with Gasteiger partial charge >= 0.3 is 5.97 Å². The number of hydrogen-bond donors (Lipinski definition) is 2. The van der Waals surface area contributed by atoms with Crippen molar-refractivity contribution in [2.24, 2.45) is 5.92 Å². The molecule has 0 bridgehead atoms. The van der Waals surface area contributed by atoms with E-state index in [-0.39, 0.29) is 5.69 Å². The molecule has 1 atom stereocenters. The smallest absolute Gasteiger partial charge is 0.335 e. The molecule has 6 heteroatoms. The van der Waals surface area contributed by atoms with Crippen molar-refractivity contribution in [3.05, 3.63) is 29.3 Å². The molecule has 1 fully saturated rings. The maximum atomic E-state index is 13.6. The van der Waals surface area contributed by atoms with Gasteiger partial charge in [-0.15, -0.1) is 0 Å². The summed E-state index contributed by atoms with van der Waals surface area (Å²) in [4.78, 5) is 10.6. The van der Waals surface area contributed by atoms with Crippen molar-refractivity contribution in [1.29, 1.82) is 0 Å². The topological polar surface area (TPSA) is 58.6 Å². The van der Waals surface area contributed by atoms with Crippen molar-refractivity contribution >= 4 is 11.7 Å². The normalized spacial score (nSPS) is 18.5. The van der Waals surface area contributed by atoms with Crippen LogP contribution < -0.4 is 5.32 Å². The summed E-state index contributed by atoms with van der Waals surface area (Å²) in [6.45, 7) is 1.85. The van der Waals surface area contributed by atoms with Gasteiger partial charge in [0.05, 0.1) is 5.56 Å². The monoisotopic (exact) mass is 271 g/mol. The second-order valence-corrected chi connectivity index (χ2v) is 4.57. The first-order valence-electron chi connectivity index (χ1n) is 6.12. The number of carboxylic acids is 1. The van der Waals surface area contributed by atoms with Gasteiger partial charge in [-0.1, -0.05) is 0 Å². The van der Waals surface area contributed by atoms with Crippen molar-refractivity contribution in [2.45, 2.75) is 12.8 Å². The van der Waals surface area contributed by atoms with Gasteiger partial charge in [-0.05, 0) is 30.9 Å². The second-order valence-electron chi connectivity index (χ2n) is 4.57. The van der Waals surface area contributed by atoms with Gasteiger partial charge in [0.25, 0.3) is 0 Å². The van der Waals surface area contributed by atoms with Crippen LogP contribution in [-0.2, 0) is 4.74 Å². The van der Waals surface area contributed by atoms with Gasteiger partial charge in [-0.3, -0.25) is 0 Å². The zero-order valence-electron chi connectivity index (χ0n) is 10.3. The zero-order chi connectivity index (χ0) is 13.8. The molecule has 1 aromatic carbocycles. The predicted molar refractivity (Wildman–Crippen MR) is 65.4 cm³/mol. The Kier molecular flexibility index (Phi) is 4.31. The largest absolute Gasteiger partial charge is 0.478 e. The third-order valence-corrected chi connectivity index (χ3v) is 3.17. The number of nitrogens with one attached hydrogen (secondary N) is 1. The molecule has 0 amide bonds. The van der Waals surface area contributed by atoms with E-state index in [2.05, 4.69) is 5.32 Å². The summed E-state index contributed by atoms with van der Waals surface area (Å²) < 4.78 is 32.4. The zero-order valence-corrected chi connectivity index (χ0v) is 10.3. The molecular formula is C13H15F2NO3. The van der Waals surface area contributed by atoms with Gasteiger partial charge in [0.1, 0.15) is 17.3 Å². The Labute approximate surface area is 109 Å². The average Bonchev–Trinajstić information content (AvgIpc) is 2.85. The van der Waals surface area contributed by atoms with Gasteiger partial charge in [-0.2, -0.15) is 0 Å². The molecule has 0 aliphatic carbocycles. The first-order valence-corrected chi connectivity index (χ1v) is 6.12. The summed E-state index contributed by atoms with van der Waals surface area (Å²) >= 11 is 0. The summed E-state index contributed by atoms with van der Waals surface area (Å²) in [5.74, 6) is -2.72. The SMILES string of the molecule is O=C(O)c1cc(F)c(NCCC2CCOC2)c(F)c1. The number of halogens is 2. The van der Waals surface area contributed by atoms with E-state index in [0.29, 0.717) is 19.1 Å². The van der Waals surface area contributed by atoms with Crippen LogP contribution in [0.3, 0.4) is 0 Å². The molecule has 2 rings (SSSR count). The van der Waals surface area contributed by atoms with E-state index in [1.165, 1.54) is 0 Å². The standard InChI is InChI=1S/C13H15F2NO3/c14-10-5-9(13(17)18)6-11(15)12(10)16-3-1-8-2-4-19-7-8/h5-6,8,16H,1-4,7H2,(H,17,18). The molecule has 1 aromatic rings. The predicted octanol–water partition coefficient (Wildman–Crippen LogP) is 2.50. The fourth-order valence-corrected chi connectivity index (χ4v) is 2.08. The molecule has 1 saturated heterocycles. The number of hydrogen-bond acceptors (Lipinski definition) is 3. The molecule has 1 unspecified atom stereocenters. The van der Waals surface area contributed by atoms with E-state index in [1.54, 1.807) is 0 Å². The summed E-state index contributed by atoms with van der Waals surface area (Å²) in [6.07, 6.45) is 1.73. The number of carboxylic acid groups (broad SMARTS) is 1. The Morgan fingerprint density at radius 2 is 2.11 bits per heavy atom. The molecule has 2 N–H and O–H groups in total. The highest BCUT2D eigenvalue weighted by molar-refractivity contribution is 5.88. The molecule has 0 aromatic heterocycles. The number of anilines is 1. The lowest BCUT2D eigenvalue weighted by atomic mass is 10.1. The van der Waals surface area contributed by atoms with E-state index in [9.17, 15) is 13.6 Å². The lowest BCUT2D eigenvalue weighted by Crippen LogP contribution is -2.12. The fraction of sp³-hybridized carbons (Fsp3) is 0.462. The highest BCUT2D eigenvalue weighted by Crippen LogP contribution is 2.22. The van der Waals surface area contributed by atoms with Crippen LogP contribution >= 0.6 is 0 Å². The third-order valence-electron chi connectivity index (χ3n) is 3.17. The van der Waals surface area contributed by atoms with Crippen molar-refractivity contribution in [3.8, 4) is 0 Å². The Balaban J connectivity index is 1.97.